The Hall–Kier alpha value is -2.04. The summed E-state index contributed by atoms with van der Waals surface area (Å²) in [5.74, 6) is -4.12. The Balaban J connectivity index is 2.34. The van der Waals surface area contributed by atoms with E-state index in [0.29, 0.717) is 0 Å². The quantitative estimate of drug-likeness (QED) is 0.316. The van der Waals surface area contributed by atoms with Crippen molar-refractivity contribution in [1.82, 2.24) is 5.32 Å². The Morgan fingerprint density at radius 2 is 1.83 bits per heavy atom. The summed E-state index contributed by atoms with van der Waals surface area (Å²) >= 11 is 0. The zero-order valence-corrected chi connectivity index (χ0v) is 12.8. The first-order valence-corrected chi connectivity index (χ1v) is 7.20. The van der Waals surface area contributed by atoms with E-state index in [1.807, 2.05) is 0 Å². The molecule has 132 valence electrons. The normalized spacial score (nSPS) is 32.9. The van der Waals surface area contributed by atoms with E-state index in [-0.39, 0.29) is 5.56 Å². The van der Waals surface area contributed by atoms with Gasteiger partial charge in [-0.1, -0.05) is 18.2 Å². The molecule has 9 nitrogen and oxygen atoms in total. The van der Waals surface area contributed by atoms with Gasteiger partial charge >= 0.3 is 11.9 Å². The van der Waals surface area contributed by atoms with Crippen LogP contribution < -0.4 is 5.32 Å². The molecule has 9 heteroatoms. The fraction of sp³-hybridized carbons (Fsp3) is 0.467. The lowest BCUT2D eigenvalue weighted by atomic mass is 9.96. The molecule has 5 N–H and O–H groups in total. The molecule has 2 rings (SSSR count). The number of hydrogen-bond acceptors (Lipinski definition) is 8. The summed E-state index contributed by atoms with van der Waals surface area (Å²) in [6.07, 6.45) is -6.83. The molecule has 24 heavy (non-hydrogen) atoms. The van der Waals surface area contributed by atoms with E-state index in [4.69, 9.17) is 9.47 Å². The van der Waals surface area contributed by atoms with Crippen LogP contribution in [-0.2, 0) is 14.3 Å². The molecule has 0 bridgehead atoms. The summed E-state index contributed by atoms with van der Waals surface area (Å²) in [5, 5.41) is 41.3. The number of nitrogens with one attached hydrogen (secondary N) is 1. The number of esters is 1. The molecular formula is C15H19NO8. The minimum Gasteiger partial charge on any atom is -0.407 e. The average molecular weight is 341 g/mol. The van der Waals surface area contributed by atoms with Gasteiger partial charge in [0.2, 0.25) is 5.91 Å². The molecule has 0 aromatic heterocycles. The zero-order chi connectivity index (χ0) is 17.9. The van der Waals surface area contributed by atoms with Crippen LogP contribution in [0.15, 0.2) is 30.3 Å². The third-order valence-corrected chi connectivity index (χ3v) is 3.55. The molecule has 0 aliphatic carbocycles. The van der Waals surface area contributed by atoms with Crippen LogP contribution in [0.25, 0.3) is 0 Å². The lowest BCUT2D eigenvalue weighted by Crippen LogP contribution is -2.72. The summed E-state index contributed by atoms with van der Waals surface area (Å²) in [5.41, 5.74) is 0.110. The molecule has 1 unspecified atom stereocenters. The molecule has 1 amide bonds. The summed E-state index contributed by atoms with van der Waals surface area (Å²) < 4.78 is 10.3. The molecule has 0 spiro atoms. The van der Waals surface area contributed by atoms with Crippen molar-refractivity contribution in [2.45, 2.75) is 37.3 Å². The molecule has 1 heterocycles. The van der Waals surface area contributed by atoms with Crippen LogP contribution in [-0.4, -0.2) is 69.2 Å². The highest BCUT2D eigenvalue weighted by atomic mass is 16.8. The number of rotatable bonds is 4. The van der Waals surface area contributed by atoms with E-state index in [1.165, 1.54) is 12.1 Å². The third kappa shape index (κ3) is 3.55. The molecule has 1 aliphatic heterocycles. The Labute approximate surface area is 137 Å². The van der Waals surface area contributed by atoms with Gasteiger partial charge in [0.15, 0.2) is 6.10 Å². The van der Waals surface area contributed by atoms with Crippen LogP contribution in [0.2, 0.25) is 0 Å². The van der Waals surface area contributed by atoms with Crippen molar-refractivity contribution in [2.75, 3.05) is 6.61 Å². The summed E-state index contributed by atoms with van der Waals surface area (Å²) in [6.45, 7) is 0.342. The first-order chi connectivity index (χ1) is 11.3. The zero-order valence-electron chi connectivity index (χ0n) is 12.8. The van der Waals surface area contributed by atoms with E-state index < -0.39 is 48.8 Å². The van der Waals surface area contributed by atoms with Gasteiger partial charge in [-0.15, -0.1) is 0 Å². The van der Waals surface area contributed by atoms with Crippen molar-refractivity contribution < 1.29 is 39.5 Å². The van der Waals surface area contributed by atoms with Crippen molar-refractivity contribution in [3.63, 3.8) is 0 Å². The fourth-order valence-corrected chi connectivity index (χ4v) is 2.37. The van der Waals surface area contributed by atoms with Crippen molar-refractivity contribution in [1.29, 1.82) is 0 Å². The van der Waals surface area contributed by atoms with Gasteiger partial charge in [0.05, 0.1) is 12.2 Å². The molecule has 1 aromatic carbocycles. The van der Waals surface area contributed by atoms with E-state index >= 15 is 0 Å². The topological polar surface area (TPSA) is 146 Å². The number of benzene rings is 1. The molecular weight excluding hydrogens is 322 g/mol. The summed E-state index contributed by atoms with van der Waals surface area (Å²) in [4.78, 5) is 23.7. The number of aliphatic hydroxyl groups excluding tert-OH is 4. The second-order valence-electron chi connectivity index (χ2n) is 5.37. The van der Waals surface area contributed by atoms with Gasteiger partial charge in [-0.25, -0.2) is 4.79 Å². The second-order valence-corrected chi connectivity index (χ2v) is 5.37. The molecule has 1 aromatic rings. The molecule has 5 atom stereocenters. The molecule has 1 saturated heterocycles. The van der Waals surface area contributed by atoms with Crippen LogP contribution >= 0.6 is 0 Å². The Bertz CT molecular complexity index is 592. The second kappa shape index (κ2) is 7.24. The van der Waals surface area contributed by atoms with Crippen molar-refractivity contribution in [3.05, 3.63) is 35.9 Å². The Morgan fingerprint density at radius 1 is 1.21 bits per heavy atom. The monoisotopic (exact) mass is 341 g/mol. The van der Waals surface area contributed by atoms with E-state index in [1.54, 1.807) is 18.2 Å². The minimum absolute atomic E-state index is 0.110. The van der Waals surface area contributed by atoms with Crippen LogP contribution in [0.1, 0.15) is 17.3 Å². The highest BCUT2D eigenvalue weighted by Crippen LogP contribution is 2.30. The lowest BCUT2D eigenvalue weighted by Gasteiger charge is -2.46. The van der Waals surface area contributed by atoms with Crippen LogP contribution in [0, 0.1) is 0 Å². The Kier molecular flexibility index (Phi) is 5.52. The largest absolute Gasteiger partial charge is 0.407 e. The highest BCUT2D eigenvalue weighted by molar-refractivity contribution is 5.89. The van der Waals surface area contributed by atoms with Crippen molar-refractivity contribution in [3.8, 4) is 0 Å². The number of ether oxygens (including phenoxy) is 2. The van der Waals surface area contributed by atoms with Gasteiger partial charge in [0.1, 0.15) is 18.3 Å². The number of carbonyl (C=O) groups excluding carboxylic acids is 2. The summed E-state index contributed by atoms with van der Waals surface area (Å²) in [7, 11) is 0. The fourth-order valence-electron chi connectivity index (χ4n) is 2.37. The summed E-state index contributed by atoms with van der Waals surface area (Å²) in [6, 6.07) is 7.71. The average Bonchev–Trinajstić information content (AvgIpc) is 2.56. The Morgan fingerprint density at radius 3 is 2.38 bits per heavy atom. The maximum Gasteiger partial charge on any atom is 0.342 e. The molecule has 0 saturated carbocycles. The predicted molar refractivity (Wildman–Crippen MR) is 78.4 cm³/mol. The number of hydrogen-bond donors (Lipinski definition) is 5. The van der Waals surface area contributed by atoms with Gasteiger partial charge in [0, 0.05) is 6.92 Å². The van der Waals surface area contributed by atoms with E-state index in [9.17, 15) is 30.0 Å². The van der Waals surface area contributed by atoms with Gasteiger partial charge in [0.25, 0.3) is 0 Å². The maximum absolute atomic E-state index is 12.3. The smallest absolute Gasteiger partial charge is 0.342 e. The standard InChI is InChI=1S/C15H19NO8/c1-8(18)16-15(24-14(22)9-5-3-2-4-6-9)13(21)12(20)11(19)10(7-17)23-15/h2-6,10-13,17,19-21H,7H2,1H3,(H,16,18)/t10-,11-,12+,13-,15?/m1/s1. The van der Waals surface area contributed by atoms with Crippen LogP contribution in [0.5, 0.6) is 0 Å². The van der Waals surface area contributed by atoms with Gasteiger partial charge in [-0.05, 0) is 12.1 Å². The first-order valence-electron chi connectivity index (χ1n) is 7.20. The SMILES string of the molecule is CC(=O)NC1(OC(=O)c2ccccc2)O[C@H](CO)[C@@H](O)[C@H](O)[C@H]1O. The predicted octanol–water partition coefficient (Wildman–Crippen LogP) is -1.89. The highest BCUT2D eigenvalue weighted by Gasteiger charge is 2.57. The maximum atomic E-state index is 12.3. The minimum atomic E-state index is -2.45. The molecule has 1 fully saturated rings. The molecule has 1 aliphatic rings. The first kappa shape index (κ1) is 18.3. The van der Waals surface area contributed by atoms with Crippen LogP contribution in [0.3, 0.4) is 0 Å². The van der Waals surface area contributed by atoms with Crippen molar-refractivity contribution in [2.24, 2.45) is 0 Å². The molecule has 0 radical (unpaired) electrons. The van der Waals surface area contributed by atoms with Crippen LogP contribution in [0.4, 0.5) is 0 Å². The lowest BCUT2D eigenvalue weighted by molar-refractivity contribution is -0.354. The van der Waals surface area contributed by atoms with Gasteiger partial charge in [-0.3, -0.25) is 10.1 Å². The van der Waals surface area contributed by atoms with Crippen molar-refractivity contribution >= 4 is 11.9 Å². The van der Waals surface area contributed by atoms with E-state index in [2.05, 4.69) is 5.32 Å². The van der Waals surface area contributed by atoms with E-state index in [0.717, 1.165) is 6.92 Å². The number of aliphatic hydroxyl groups is 4. The van der Waals surface area contributed by atoms with Gasteiger partial charge < -0.3 is 29.9 Å². The van der Waals surface area contributed by atoms with Gasteiger partial charge in [-0.2, -0.15) is 0 Å². The number of amides is 1. The third-order valence-electron chi connectivity index (χ3n) is 3.55. The number of carbonyl (C=O) groups is 2.